The van der Waals surface area contributed by atoms with E-state index in [9.17, 15) is 8.76 Å². The molecule has 0 aromatic heterocycles. The second-order valence-electron chi connectivity index (χ2n) is 9.73. The van der Waals surface area contributed by atoms with Gasteiger partial charge in [-0.05, 0) is 24.6 Å². The Labute approximate surface area is 289 Å². The SMILES string of the molecule is CCOP(=O)(F)CCOCCOCCOCCOCCOCCOCCOCCOC/C(=C/NCc1cc(OC)c(OC)c(OC)c1)N=N. The molecule has 0 amide bonds. The number of hydrogen-bond donors (Lipinski definition) is 2. The van der Waals surface area contributed by atoms with Crippen LogP contribution in [0.3, 0.4) is 0 Å². The molecule has 0 spiro atoms. The van der Waals surface area contributed by atoms with E-state index in [4.69, 9.17) is 57.6 Å². The second-order valence-corrected chi connectivity index (χ2v) is 11.6. The van der Waals surface area contributed by atoms with E-state index in [2.05, 4.69) is 15.0 Å². The van der Waals surface area contributed by atoms with E-state index in [0.717, 1.165) is 5.56 Å². The van der Waals surface area contributed by atoms with Gasteiger partial charge in [0, 0.05) is 12.7 Å². The summed E-state index contributed by atoms with van der Waals surface area (Å²) in [5.41, 5.74) is 8.70. The zero-order valence-electron chi connectivity index (χ0n) is 29.2. The van der Waals surface area contributed by atoms with Crippen LogP contribution >= 0.6 is 7.68 Å². The summed E-state index contributed by atoms with van der Waals surface area (Å²) in [7, 11) is 0.638. The highest BCUT2D eigenvalue weighted by molar-refractivity contribution is 7.53. The lowest BCUT2D eigenvalue weighted by Gasteiger charge is -2.14. The summed E-state index contributed by atoms with van der Waals surface area (Å²) in [6.45, 7) is 7.97. The molecule has 0 radical (unpaired) electrons. The first-order valence-corrected chi connectivity index (χ1v) is 17.7. The summed E-state index contributed by atoms with van der Waals surface area (Å²) in [6, 6.07) is 3.68. The van der Waals surface area contributed by atoms with Gasteiger partial charge in [-0.15, -0.1) is 0 Å². The number of nitrogens with zero attached hydrogens (tertiary/aromatic N) is 1. The highest BCUT2D eigenvalue weighted by Crippen LogP contribution is 2.47. The van der Waals surface area contributed by atoms with Crippen molar-refractivity contribution in [2.75, 3.05) is 140 Å². The monoisotopic (exact) mass is 727 g/mol. The summed E-state index contributed by atoms with van der Waals surface area (Å²) in [6.07, 6.45) is 1.37. The molecule has 0 aliphatic carbocycles. The first-order valence-electron chi connectivity index (χ1n) is 16.0. The maximum Gasteiger partial charge on any atom is 0.369 e. The van der Waals surface area contributed by atoms with Crippen molar-refractivity contribution >= 4 is 7.68 Å². The Balaban J connectivity index is 1.88. The Bertz CT molecular complexity index is 1030. The van der Waals surface area contributed by atoms with Gasteiger partial charge >= 0.3 is 7.68 Å². The first kappa shape index (κ1) is 44.6. The van der Waals surface area contributed by atoms with Crippen LogP contribution in [0.2, 0.25) is 0 Å². The minimum Gasteiger partial charge on any atom is -0.493 e. The molecule has 1 aromatic carbocycles. The van der Waals surface area contributed by atoms with Crippen LogP contribution < -0.4 is 19.5 Å². The lowest BCUT2D eigenvalue weighted by atomic mass is 10.2. The van der Waals surface area contributed by atoms with E-state index < -0.39 is 7.68 Å². The van der Waals surface area contributed by atoms with E-state index in [1.54, 1.807) is 34.5 Å². The second kappa shape index (κ2) is 30.4. The Hall–Kier alpha value is -2.44. The molecule has 0 saturated carbocycles. The normalized spacial score (nSPS) is 12.9. The van der Waals surface area contributed by atoms with Gasteiger partial charge in [0.05, 0.1) is 140 Å². The standard InChI is InChI=1S/C31H55FN3O13P/c1-5-48-49(32,36)21-20-46-17-16-44-13-12-42-9-8-40-6-7-41-10-11-43-14-15-45-18-19-47-26-28(35-33)25-34-24-27-22-29(37-2)31(39-4)30(23-27)38-3/h22-23,25,33-34H,5-21,24,26H2,1-4H3/b28-25-,35-33?. The van der Waals surface area contributed by atoms with E-state index >= 15 is 0 Å². The molecular formula is C31H55FN3O13P. The third kappa shape index (κ3) is 23.6. The molecule has 16 nitrogen and oxygen atoms in total. The summed E-state index contributed by atoms with van der Waals surface area (Å²) >= 11 is 0. The summed E-state index contributed by atoms with van der Waals surface area (Å²) in [4.78, 5) is 0. The molecule has 2 N–H and O–H groups in total. The number of methoxy groups -OCH3 is 3. The quantitative estimate of drug-likeness (QED) is 0.0583. The average molecular weight is 728 g/mol. The van der Waals surface area contributed by atoms with Crippen LogP contribution in [0.5, 0.6) is 17.2 Å². The highest BCUT2D eigenvalue weighted by atomic mass is 31.2. The Morgan fingerprint density at radius 2 is 1.12 bits per heavy atom. The van der Waals surface area contributed by atoms with Crippen molar-refractivity contribution in [2.45, 2.75) is 13.5 Å². The minimum absolute atomic E-state index is 0.0163. The van der Waals surface area contributed by atoms with Crippen LogP contribution in [0, 0.1) is 5.53 Å². The molecule has 1 unspecified atom stereocenters. The predicted molar refractivity (Wildman–Crippen MR) is 178 cm³/mol. The van der Waals surface area contributed by atoms with Crippen molar-refractivity contribution in [1.29, 1.82) is 5.53 Å². The molecule has 0 heterocycles. The van der Waals surface area contributed by atoms with Gasteiger partial charge in [-0.2, -0.15) is 9.31 Å². The zero-order valence-corrected chi connectivity index (χ0v) is 30.1. The van der Waals surface area contributed by atoms with Crippen LogP contribution in [-0.2, 0) is 53.5 Å². The molecular weight excluding hydrogens is 672 g/mol. The lowest BCUT2D eigenvalue weighted by Crippen LogP contribution is -2.15. The fourth-order valence-corrected chi connectivity index (χ4v) is 4.64. The van der Waals surface area contributed by atoms with Crippen LogP contribution in [-0.4, -0.2) is 140 Å². The van der Waals surface area contributed by atoms with E-state index in [0.29, 0.717) is 115 Å². The zero-order chi connectivity index (χ0) is 35.8. The van der Waals surface area contributed by atoms with Crippen molar-refractivity contribution in [1.82, 2.24) is 5.32 Å². The smallest absolute Gasteiger partial charge is 0.369 e. The molecule has 284 valence electrons. The van der Waals surface area contributed by atoms with Crippen molar-refractivity contribution < 1.29 is 65.4 Å². The Kier molecular flexibility index (Phi) is 27.6. The van der Waals surface area contributed by atoms with Crippen molar-refractivity contribution in [3.8, 4) is 17.2 Å². The van der Waals surface area contributed by atoms with Crippen LogP contribution in [0.25, 0.3) is 0 Å². The van der Waals surface area contributed by atoms with Gasteiger partial charge in [-0.3, -0.25) is 4.57 Å². The van der Waals surface area contributed by atoms with Crippen molar-refractivity contribution in [2.24, 2.45) is 5.11 Å². The largest absolute Gasteiger partial charge is 0.493 e. The molecule has 0 saturated heterocycles. The van der Waals surface area contributed by atoms with Crippen LogP contribution in [0.1, 0.15) is 12.5 Å². The lowest BCUT2D eigenvalue weighted by molar-refractivity contribution is -0.0224. The van der Waals surface area contributed by atoms with Crippen LogP contribution in [0.15, 0.2) is 29.1 Å². The van der Waals surface area contributed by atoms with E-state index in [1.165, 1.54) is 0 Å². The average Bonchev–Trinajstić information content (AvgIpc) is 3.10. The highest BCUT2D eigenvalue weighted by Gasteiger charge is 2.20. The number of rotatable bonds is 35. The van der Waals surface area contributed by atoms with Gasteiger partial charge < -0.3 is 61.9 Å². The van der Waals surface area contributed by atoms with Gasteiger partial charge in [0.15, 0.2) is 11.5 Å². The molecule has 0 fully saturated rings. The molecule has 0 bridgehead atoms. The summed E-state index contributed by atoms with van der Waals surface area (Å²) in [5, 5.41) is 6.61. The molecule has 0 aliphatic heterocycles. The number of halogens is 1. The summed E-state index contributed by atoms with van der Waals surface area (Å²) < 4.78 is 88.5. The fourth-order valence-electron chi connectivity index (χ4n) is 3.78. The van der Waals surface area contributed by atoms with Crippen molar-refractivity contribution in [3.05, 3.63) is 29.6 Å². The molecule has 0 aliphatic rings. The van der Waals surface area contributed by atoms with Crippen molar-refractivity contribution in [3.63, 3.8) is 0 Å². The first-order chi connectivity index (χ1) is 23.9. The number of nitrogens with one attached hydrogen (secondary N) is 2. The van der Waals surface area contributed by atoms with Gasteiger partial charge in [-0.25, -0.2) is 5.53 Å². The minimum atomic E-state index is -4.04. The maximum absolute atomic E-state index is 13.3. The van der Waals surface area contributed by atoms with Gasteiger partial charge in [-0.1, -0.05) is 0 Å². The fraction of sp³-hybridized carbons (Fsp3) is 0.742. The Morgan fingerprint density at radius 3 is 1.49 bits per heavy atom. The number of ether oxygens (including phenoxy) is 11. The number of benzene rings is 1. The Morgan fingerprint density at radius 1 is 0.714 bits per heavy atom. The van der Waals surface area contributed by atoms with E-state index in [-0.39, 0.29) is 32.6 Å². The van der Waals surface area contributed by atoms with Gasteiger partial charge in [0.2, 0.25) is 5.75 Å². The molecule has 18 heteroatoms. The number of hydrogen-bond acceptors (Lipinski definition) is 16. The van der Waals surface area contributed by atoms with Gasteiger partial charge in [0.25, 0.3) is 0 Å². The molecule has 1 atom stereocenters. The van der Waals surface area contributed by atoms with Gasteiger partial charge in [0.1, 0.15) is 5.70 Å². The maximum atomic E-state index is 13.3. The third-order valence-electron chi connectivity index (χ3n) is 6.12. The van der Waals surface area contributed by atoms with Crippen LogP contribution in [0.4, 0.5) is 4.20 Å². The topological polar surface area (TPSA) is 176 Å². The predicted octanol–water partition coefficient (Wildman–Crippen LogP) is 4.01. The molecule has 49 heavy (non-hydrogen) atoms. The van der Waals surface area contributed by atoms with E-state index in [1.807, 2.05) is 12.1 Å². The summed E-state index contributed by atoms with van der Waals surface area (Å²) in [5.74, 6) is 1.64. The molecule has 1 rings (SSSR count). The third-order valence-corrected chi connectivity index (χ3v) is 7.48. The molecule has 1 aromatic rings.